The van der Waals surface area contributed by atoms with Crippen LogP contribution in [0.4, 0.5) is 0 Å². The predicted octanol–water partition coefficient (Wildman–Crippen LogP) is 2.13. The van der Waals surface area contributed by atoms with Crippen LogP contribution in [0, 0.1) is 7.11 Å². The molecule has 1 aromatic carbocycles. The second-order valence-electron chi connectivity index (χ2n) is 2.02. The van der Waals surface area contributed by atoms with E-state index in [-0.39, 0.29) is 0 Å². The summed E-state index contributed by atoms with van der Waals surface area (Å²) in [6, 6.07) is 7.13. The maximum atomic E-state index is 5.21. The Morgan fingerprint density at radius 2 is 1.73 bits per heavy atom. The van der Waals surface area contributed by atoms with Crippen molar-refractivity contribution in [2.75, 3.05) is 6.61 Å². The van der Waals surface area contributed by atoms with E-state index in [1.54, 1.807) is 12.1 Å². The fourth-order valence-electron chi connectivity index (χ4n) is 0.781. The summed E-state index contributed by atoms with van der Waals surface area (Å²) in [5.74, 6) is 1.46. The summed E-state index contributed by atoms with van der Waals surface area (Å²) >= 11 is 0. The first kappa shape index (κ1) is 7.92. The highest BCUT2D eigenvalue weighted by atomic mass is 16.5. The standard InChI is InChI=1S/C9H10O2/c1-3-11-9-6-4-8(10-2)5-7-9/h2,4-7H,3H2,1H3. The van der Waals surface area contributed by atoms with Gasteiger partial charge in [0.15, 0.2) is 7.11 Å². The third-order valence-electron chi connectivity index (χ3n) is 1.27. The van der Waals surface area contributed by atoms with Crippen molar-refractivity contribution in [2.45, 2.75) is 6.92 Å². The van der Waals surface area contributed by atoms with Gasteiger partial charge in [0.2, 0.25) is 0 Å². The van der Waals surface area contributed by atoms with E-state index in [0.29, 0.717) is 12.4 Å². The van der Waals surface area contributed by atoms with Crippen molar-refractivity contribution in [2.24, 2.45) is 0 Å². The summed E-state index contributed by atoms with van der Waals surface area (Å²) < 4.78 is 9.70. The van der Waals surface area contributed by atoms with Gasteiger partial charge in [-0.1, -0.05) is 0 Å². The number of benzene rings is 1. The highest BCUT2D eigenvalue weighted by molar-refractivity contribution is 5.31. The highest BCUT2D eigenvalue weighted by Crippen LogP contribution is 2.16. The molecule has 0 fully saturated rings. The Balaban J connectivity index is 2.66. The largest absolute Gasteiger partial charge is 0.494 e. The minimum Gasteiger partial charge on any atom is -0.494 e. The lowest BCUT2D eigenvalue weighted by atomic mass is 10.3. The van der Waals surface area contributed by atoms with E-state index in [9.17, 15) is 0 Å². The van der Waals surface area contributed by atoms with Gasteiger partial charge in [-0.2, -0.15) is 0 Å². The minimum absolute atomic E-state index is 0.633. The zero-order chi connectivity index (χ0) is 8.10. The van der Waals surface area contributed by atoms with Crippen LogP contribution >= 0.6 is 0 Å². The average Bonchev–Trinajstić information content (AvgIpc) is 2.07. The second-order valence-corrected chi connectivity index (χ2v) is 2.02. The molecule has 58 valence electrons. The van der Waals surface area contributed by atoms with E-state index in [0.717, 1.165) is 5.75 Å². The van der Waals surface area contributed by atoms with Gasteiger partial charge in [0.1, 0.15) is 11.5 Å². The van der Waals surface area contributed by atoms with Crippen LogP contribution in [-0.4, -0.2) is 6.61 Å². The van der Waals surface area contributed by atoms with Crippen molar-refractivity contribution in [1.82, 2.24) is 0 Å². The summed E-state index contributed by atoms with van der Waals surface area (Å²) in [6.07, 6.45) is 0. The molecule has 0 atom stereocenters. The quantitative estimate of drug-likeness (QED) is 0.657. The van der Waals surface area contributed by atoms with Crippen molar-refractivity contribution in [3.8, 4) is 11.5 Å². The predicted molar refractivity (Wildman–Crippen MR) is 42.5 cm³/mol. The van der Waals surface area contributed by atoms with Crippen molar-refractivity contribution in [3.63, 3.8) is 0 Å². The Labute approximate surface area is 66.8 Å². The lowest BCUT2D eigenvalue weighted by Crippen LogP contribution is -1.90. The van der Waals surface area contributed by atoms with Crippen LogP contribution in [0.1, 0.15) is 6.92 Å². The van der Waals surface area contributed by atoms with E-state index >= 15 is 0 Å². The monoisotopic (exact) mass is 150 g/mol. The summed E-state index contributed by atoms with van der Waals surface area (Å²) in [6.45, 7) is 2.61. The van der Waals surface area contributed by atoms with Gasteiger partial charge in [-0.15, -0.1) is 0 Å². The molecule has 2 radical (unpaired) electrons. The Kier molecular flexibility index (Phi) is 2.78. The molecule has 0 aliphatic rings. The van der Waals surface area contributed by atoms with Crippen LogP contribution in [0.15, 0.2) is 24.3 Å². The SMILES string of the molecule is [CH]Oc1ccc(OCC)cc1. The number of rotatable bonds is 3. The molecule has 1 rings (SSSR count). The molecule has 0 unspecified atom stereocenters. The molecule has 0 spiro atoms. The van der Waals surface area contributed by atoms with Gasteiger partial charge in [-0.25, -0.2) is 0 Å². The smallest absolute Gasteiger partial charge is 0.180 e. The summed E-state index contributed by atoms with van der Waals surface area (Å²) in [5, 5.41) is 0. The Hall–Kier alpha value is -1.18. The number of hydrogen-bond donors (Lipinski definition) is 0. The van der Waals surface area contributed by atoms with Crippen molar-refractivity contribution < 1.29 is 9.47 Å². The molecular weight excluding hydrogens is 140 g/mol. The fourth-order valence-corrected chi connectivity index (χ4v) is 0.781. The van der Waals surface area contributed by atoms with Gasteiger partial charge >= 0.3 is 0 Å². The number of ether oxygens (including phenoxy) is 2. The van der Waals surface area contributed by atoms with Crippen molar-refractivity contribution >= 4 is 0 Å². The van der Waals surface area contributed by atoms with E-state index in [2.05, 4.69) is 4.74 Å². The summed E-state index contributed by atoms with van der Waals surface area (Å²) in [7, 11) is 4.93. The third-order valence-corrected chi connectivity index (χ3v) is 1.27. The molecule has 2 nitrogen and oxygen atoms in total. The average molecular weight is 150 g/mol. The zero-order valence-corrected chi connectivity index (χ0v) is 6.41. The topological polar surface area (TPSA) is 18.5 Å². The molecule has 0 N–H and O–H groups in total. The van der Waals surface area contributed by atoms with Gasteiger partial charge in [0.25, 0.3) is 0 Å². The first-order chi connectivity index (χ1) is 5.36. The molecule has 0 bridgehead atoms. The normalized spacial score (nSPS) is 9.27. The Morgan fingerprint density at radius 3 is 2.18 bits per heavy atom. The van der Waals surface area contributed by atoms with Crippen molar-refractivity contribution in [3.05, 3.63) is 31.4 Å². The molecule has 2 heteroatoms. The first-order valence-corrected chi connectivity index (χ1v) is 3.46. The molecule has 0 aliphatic heterocycles. The van der Waals surface area contributed by atoms with Crippen LogP contribution in [0.3, 0.4) is 0 Å². The van der Waals surface area contributed by atoms with Gasteiger partial charge in [-0.3, -0.25) is 0 Å². The maximum absolute atomic E-state index is 5.21. The molecule has 0 saturated heterocycles. The molecule has 1 aromatic rings. The van der Waals surface area contributed by atoms with Gasteiger partial charge < -0.3 is 9.47 Å². The van der Waals surface area contributed by atoms with E-state index in [1.165, 1.54) is 0 Å². The first-order valence-electron chi connectivity index (χ1n) is 3.46. The Bertz CT molecular complexity index is 203. The summed E-state index contributed by atoms with van der Waals surface area (Å²) in [5.41, 5.74) is 0. The fraction of sp³-hybridized carbons (Fsp3) is 0.222. The highest BCUT2D eigenvalue weighted by Gasteiger charge is 1.91. The maximum Gasteiger partial charge on any atom is 0.180 e. The Morgan fingerprint density at radius 1 is 1.18 bits per heavy atom. The van der Waals surface area contributed by atoms with E-state index < -0.39 is 0 Å². The lowest BCUT2D eigenvalue weighted by molar-refractivity contribution is 0.339. The zero-order valence-electron chi connectivity index (χ0n) is 6.41. The minimum atomic E-state index is 0.633. The molecule has 0 amide bonds. The van der Waals surface area contributed by atoms with Crippen LogP contribution in [0.25, 0.3) is 0 Å². The molecule has 0 heterocycles. The molecule has 0 saturated carbocycles. The second kappa shape index (κ2) is 3.86. The third kappa shape index (κ3) is 2.15. The summed E-state index contributed by atoms with van der Waals surface area (Å²) in [4.78, 5) is 0. The van der Waals surface area contributed by atoms with Crippen molar-refractivity contribution in [1.29, 1.82) is 0 Å². The van der Waals surface area contributed by atoms with Crippen LogP contribution in [-0.2, 0) is 0 Å². The van der Waals surface area contributed by atoms with Gasteiger partial charge in [0, 0.05) is 0 Å². The van der Waals surface area contributed by atoms with Gasteiger partial charge in [0.05, 0.1) is 6.61 Å². The van der Waals surface area contributed by atoms with E-state index in [1.807, 2.05) is 19.1 Å². The lowest BCUT2D eigenvalue weighted by Gasteiger charge is -2.02. The van der Waals surface area contributed by atoms with E-state index in [4.69, 9.17) is 11.8 Å². The molecular formula is C9H10O2. The van der Waals surface area contributed by atoms with Crippen LogP contribution in [0.2, 0.25) is 0 Å². The molecule has 11 heavy (non-hydrogen) atoms. The molecule has 0 aromatic heterocycles. The van der Waals surface area contributed by atoms with Crippen LogP contribution < -0.4 is 9.47 Å². The van der Waals surface area contributed by atoms with Gasteiger partial charge in [-0.05, 0) is 31.2 Å². The molecule has 0 aliphatic carbocycles. The number of hydrogen-bond acceptors (Lipinski definition) is 2. The van der Waals surface area contributed by atoms with Crippen LogP contribution in [0.5, 0.6) is 11.5 Å².